The van der Waals surface area contributed by atoms with Gasteiger partial charge in [-0.1, -0.05) is 18.2 Å². The summed E-state index contributed by atoms with van der Waals surface area (Å²) in [5, 5.41) is 19.4. The van der Waals surface area contributed by atoms with Crippen molar-refractivity contribution in [3.8, 4) is 11.6 Å². The van der Waals surface area contributed by atoms with E-state index in [1.54, 1.807) is 44.2 Å². The summed E-state index contributed by atoms with van der Waals surface area (Å²) in [5.41, 5.74) is 0.415. The Bertz CT molecular complexity index is 1540. The van der Waals surface area contributed by atoms with Crippen molar-refractivity contribution >= 4 is 35.7 Å². The summed E-state index contributed by atoms with van der Waals surface area (Å²) in [5.74, 6) is -2.82. The van der Waals surface area contributed by atoms with E-state index in [9.17, 15) is 33.9 Å². The zero-order valence-electron chi connectivity index (χ0n) is 27.7. The molecule has 0 radical (unpaired) electrons. The van der Waals surface area contributed by atoms with Gasteiger partial charge < -0.3 is 39.9 Å². The maximum absolute atomic E-state index is 13.6. The number of carbonyl (C=O) groups excluding carboxylic acids is 5. The van der Waals surface area contributed by atoms with Crippen LogP contribution in [0.4, 0.5) is 4.79 Å². The van der Waals surface area contributed by atoms with Gasteiger partial charge in [-0.15, -0.1) is 0 Å². The fraction of sp³-hybridized carbons (Fsp3) is 0.545. The number of carboxylic acids is 1. The normalized spacial score (nSPS) is 18.7. The smallest absolute Gasteiger partial charge is 0.409 e. The molecule has 3 fully saturated rings. The molecule has 0 bridgehead atoms. The number of benzene rings is 1. The summed E-state index contributed by atoms with van der Waals surface area (Å²) in [4.78, 5) is 81.5. The van der Waals surface area contributed by atoms with Gasteiger partial charge in [0.1, 0.15) is 12.1 Å². The standard InChI is InChI=1S/C33H43N7O9/c1-3-48-33(47)38-18-16-37(17-19-38)32(46)24(13-14-28(41)42)35-29(43)25-20-27(40(36-25)23-8-5-4-6-9-23)49-21(2)31(45)39-15-7-10-26(39)30(44)34-22-11-12-22/h4-6,8-9,20-22,24,26H,3,7,10-19H2,1-2H3,(H,34,44)(H,35,43)(H,41,42)/t21-,24+,26+/m1/s1. The molecule has 3 aliphatic rings. The number of rotatable bonds is 13. The summed E-state index contributed by atoms with van der Waals surface area (Å²) in [7, 11) is 0. The quantitative estimate of drug-likeness (QED) is 0.277. The third kappa shape index (κ3) is 8.86. The molecule has 49 heavy (non-hydrogen) atoms. The number of para-hydroxylation sites is 1. The van der Waals surface area contributed by atoms with Crippen LogP contribution < -0.4 is 15.4 Å². The minimum Gasteiger partial charge on any atom is -0.481 e. The van der Waals surface area contributed by atoms with Gasteiger partial charge in [0.2, 0.25) is 17.7 Å². The van der Waals surface area contributed by atoms with Crippen LogP contribution in [0.1, 0.15) is 62.9 Å². The molecular weight excluding hydrogens is 638 g/mol. The first-order valence-electron chi connectivity index (χ1n) is 16.7. The van der Waals surface area contributed by atoms with E-state index in [4.69, 9.17) is 9.47 Å². The van der Waals surface area contributed by atoms with E-state index in [0.717, 1.165) is 12.8 Å². The number of ether oxygens (including phenoxy) is 2. The zero-order chi connectivity index (χ0) is 35.1. The lowest BCUT2D eigenvalue weighted by Gasteiger charge is -2.35. The van der Waals surface area contributed by atoms with Crippen LogP contribution in [-0.4, -0.2) is 129 Å². The Morgan fingerprint density at radius 1 is 0.959 bits per heavy atom. The van der Waals surface area contributed by atoms with E-state index in [1.807, 2.05) is 0 Å². The van der Waals surface area contributed by atoms with E-state index in [1.165, 1.54) is 25.4 Å². The van der Waals surface area contributed by atoms with Crippen molar-refractivity contribution in [3.05, 3.63) is 42.1 Å². The number of hydrogen-bond donors (Lipinski definition) is 3. The van der Waals surface area contributed by atoms with Gasteiger partial charge in [0.25, 0.3) is 11.8 Å². The minimum atomic E-state index is -1.18. The monoisotopic (exact) mass is 681 g/mol. The van der Waals surface area contributed by atoms with Crippen molar-refractivity contribution in [2.75, 3.05) is 39.3 Å². The van der Waals surface area contributed by atoms with Gasteiger partial charge >= 0.3 is 12.1 Å². The first-order chi connectivity index (χ1) is 23.5. The molecule has 5 rings (SSSR count). The van der Waals surface area contributed by atoms with Crippen LogP contribution >= 0.6 is 0 Å². The molecule has 16 nitrogen and oxygen atoms in total. The molecule has 2 saturated heterocycles. The van der Waals surface area contributed by atoms with E-state index < -0.39 is 42.1 Å². The number of carboxylic acid groups (broad SMARTS) is 1. The molecule has 264 valence electrons. The van der Waals surface area contributed by atoms with Crippen LogP contribution in [0, 0.1) is 0 Å². The molecule has 16 heteroatoms. The molecule has 5 amide bonds. The number of likely N-dealkylation sites (tertiary alicyclic amines) is 1. The first kappa shape index (κ1) is 35.2. The minimum absolute atomic E-state index is 0.0823. The second kappa shape index (κ2) is 15.8. The van der Waals surface area contributed by atoms with Crippen molar-refractivity contribution in [2.24, 2.45) is 0 Å². The summed E-state index contributed by atoms with van der Waals surface area (Å²) in [6.07, 6.45) is 1.08. The molecule has 1 saturated carbocycles. The SMILES string of the molecule is CCOC(=O)N1CCN(C(=O)[C@H](CCC(=O)O)NC(=O)c2cc(O[C@H](C)C(=O)N3CCC[C@H]3C(=O)NC3CC3)n(-c3ccccc3)n2)CC1. The zero-order valence-corrected chi connectivity index (χ0v) is 27.7. The van der Waals surface area contributed by atoms with Crippen molar-refractivity contribution in [1.29, 1.82) is 0 Å². The Balaban J connectivity index is 1.31. The van der Waals surface area contributed by atoms with Crippen LogP contribution in [0.25, 0.3) is 5.69 Å². The Kier molecular flexibility index (Phi) is 11.4. The van der Waals surface area contributed by atoms with Gasteiger partial charge in [0.15, 0.2) is 11.8 Å². The Morgan fingerprint density at radius 3 is 2.31 bits per heavy atom. The molecule has 0 unspecified atom stereocenters. The number of nitrogens with one attached hydrogen (secondary N) is 2. The highest BCUT2D eigenvalue weighted by Gasteiger charge is 2.39. The number of carbonyl (C=O) groups is 6. The lowest BCUT2D eigenvalue weighted by Crippen LogP contribution is -2.56. The summed E-state index contributed by atoms with van der Waals surface area (Å²) >= 11 is 0. The fourth-order valence-corrected chi connectivity index (χ4v) is 5.91. The van der Waals surface area contributed by atoms with Gasteiger partial charge in [0.05, 0.1) is 12.3 Å². The van der Waals surface area contributed by atoms with Gasteiger partial charge in [-0.3, -0.25) is 24.0 Å². The second-order valence-electron chi connectivity index (χ2n) is 12.3. The average Bonchev–Trinajstić information content (AvgIpc) is 3.59. The van der Waals surface area contributed by atoms with Gasteiger partial charge in [0, 0.05) is 51.3 Å². The summed E-state index contributed by atoms with van der Waals surface area (Å²) in [6, 6.07) is 8.58. The number of hydrogen-bond acceptors (Lipinski definition) is 9. The number of aromatic nitrogens is 2. The summed E-state index contributed by atoms with van der Waals surface area (Å²) in [6.45, 7) is 4.74. The van der Waals surface area contributed by atoms with Gasteiger partial charge in [-0.25, -0.2) is 9.48 Å². The number of piperazine rings is 1. The number of amides is 5. The Labute approximate surface area is 283 Å². The van der Waals surface area contributed by atoms with Crippen molar-refractivity contribution in [3.63, 3.8) is 0 Å². The fourth-order valence-electron chi connectivity index (χ4n) is 5.91. The Morgan fingerprint density at radius 2 is 1.65 bits per heavy atom. The first-order valence-corrected chi connectivity index (χ1v) is 16.7. The topological polar surface area (TPSA) is 193 Å². The lowest BCUT2D eigenvalue weighted by atomic mass is 10.1. The second-order valence-corrected chi connectivity index (χ2v) is 12.3. The van der Waals surface area contributed by atoms with Crippen LogP contribution in [0.2, 0.25) is 0 Å². The number of nitrogens with zero attached hydrogens (tertiary/aromatic N) is 5. The van der Waals surface area contributed by atoms with E-state index in [0.29, 0.717) is 25.1 Å². The van der Waals surface area contributed by atoms with Gasteiger partial charge in [-0.2, -0.15) is 5.10 Å². The Hall–Kier alpha value is -5.15. The maximum Gasteiger partial charge on any atom is 0.409 e. The molecule has 2 aromatic rings. The highest BCUT2D eigenvalue weighted by molar-refractivity contribution is 5.96. The highest BCUT2D eigenvalue weighted by Crippen LogP contribution is 2.25. The molecule has 3 atom stereocenters. The predicted molar refractivity (Wildman–Crippen MR) is 173 cm³/mol. The highest BCUT2D eigenvalue weighted by atomic mass is 16.6. The molecule has 3 N–H and O–H groups in total. The van der Waals surface area contributed by atoms with Crippen molar-refractivity contribution in [2.45, 2.75) is 76.6 Å². The molecule has 2 aliphatic heterocycles. The van der Waals surface area contributed by atoms with E-state index >= 15 is 0 Å². The average molecular weight is 682 g/mol. The molecule has 3 heterocycles. The maximum atomic E-state index is 13.6. The van der Waals surface area contributed by atoms with Crippen LogP contribution in [0.5, 0.6) is 5.88 Å². The third-order valence-electron chi connectivity index (χ3n) is 8.69. The van der Waals surface area contributed by atoms with Gasteiger partial charge in [-0.05, 0) is 58.1 Å². The lowest BCUT2D eigenvalue weighted by molar-refractivity contribution is -0.143. The van der Waals surface area contributed by atoms with E-state index in [-0.39, 0.29) is 75.1 Å². The van der Waals surface area contributed by atoms with Crippen LogP contribution in [0.15, 0.2) is 36.4 Å². The van der Waals surface area contributed by atoms with E-state index in [2.05, 4.69) is 15.7 Å². The molecule has 1 aliphatic carbocycles. The molecule has 0 spiro atoms. The van der Waals surface area contributed by atoms with Crippen LogP contribution in [-0.2, 0) is 23.9 Å². The largest absolute Gasteiger partial charge is 0.481 e. The number of aliphatic carboxylic acids is 1. The van der Waals surface area contributed by atoms with Crippen molar-refractivity contribution in [1.82, 2.24) is 35.1 Å². The molecule has 1 aromatic carbocycles. The molecular formula is C33H43N7O9. The third-order valence-corrected chi connectivity index (χ3v) is 8.69. The molecule has 1 aromatic heterocycles. The predicted octanol–water partition coefficient (Wildman–Crippen LogP) is 1.17. The summed E-state index contributed by atoms with van der Waals surface area (Å²) < 4.78 is 12.5. The van der Waals surface area contributed by atoms with Crippen molar-refractivity contribution < 1.29 is 43.3 Å². The van der Waals surface area contributed by atoms with Crippen LogP contribution in [0.3, 0.4) is 0 Å².